The van der Waals surface area contributed by atoms with E-state index in [9.17, 15) is 17.6 Å². The highest BCUT2D eigenvalue weighted by atomic mass is 32.2. The number of benzene rings is 2. The average Bonchev–Trinajstić information content (AvgIpc) is 2.59. The van der Waals surface area contributed by atoms with Gasteiger partial charge in [-0.2, -0.15) is 0 Å². The van der Waals surface area contributed by atoms with Crippen molar-refractivity contribution in [1.29, 1.82) is 0 Å². The van der Waals surface area contributed by atoms with Crippen LogP contribution in [-0.2, 0) is 21.4 Å². The lowest BCUT2D eigenvalue weighted by atomic mass is 10.2. The molecule has 0 aliphatic rings. The molecule has 1 amide bonds. The van der Waals surface area contributed by atoms with Gasteiger partial charge >= 0.3 is 0 Å². The monoisotopic (exact) mass is 380 g/mol. The van der Waals surface area contributed by atoms with E-state index in [1.807, 2.05) is 6.92 Å². The number of halogens is 1. The maximum Gasteiger partial charge on any atom is 0.241 e. The predicted molar refractivity (Wildman–Crippen MR) is 98.0 cm³/mol. The normalized spacial score (nSPS) is 11.0. The molecule has 26 heavy (non-hydrogen) atoms. The summed E-state index contributed by atoms with van der Waals surface area (Å²) in [5.74, 6) is -0.518. The summed E-state index contributed by atoms with van der Waals surface area (Å²) in [5, 5.41) is 2.63. The van der Waals surface area contributed by atoms with Gasteiger partial charge in [-0.05, 0) is 36.8 Å². The Morgan fingerprint density at radius 2 is 1.81 bits per heavy atom. The van der Waals surface area contributed by atoms with Crippen LogP contribution < -0.4 is 14.4 Å². The van der Waals surface area contributed by atoms with Gasteiger partial charge in [-0.1, -0.05) is 24.3 Å². The van der Waals surface area contributed by atoms with E-state index in [0.717, 1.165) is 27.9 Å². The molecule has 0 radical (unpaired) electrons. The molecular formula is C18H21FN2O4S. The fourth-order valence-corrected chi connectivity index (χ4v) is 3.15. The van der Waals surface area contributed by atoms with Crippen LogP contribution >= 0.6 is 0 Å². The average molecular weight is 380 g/mol. The molecule has 1 N–H and O–H groups in total. The third-order valence-electron chi connectivity index (χ3n) is 3.53. The second-order valence-electron chi connectivity index (χ2n) is 5.57. The highest BCUT2D eigenvalue weighted by Crippen LogP contribution is 2.21. The van der Waals surface area contributed by atoms with Crippen LogP contribution in [-0.4, -0.2) is 33.7 Å². The first kappa shape index (κ1) is 19.7. The molecule has 2 aromatic rings. The molecule has 0 fully saturated rings. The summed E-state index contributed by atoms with van der Waals surface area (Å²) in [5.41, 5.74) is 0.671. The zero-order valence-electron chi connectivity index (χ0n) is 14.6. The molecule has 6 nitrogen and oxygen atoms in total. The van der Waals surface area contributed by atoms with Crippen molar-refractivity contribution < 1.29 is 22.3 Å². The first-order chi connectivity index (χ1) is 12.3. The molecule has 0 atom stereocenters. The maximum absolute atomic E-state index is 13.9. The van der Waals surface area contributed by atoms with Crippen molar-refractivity contribution >= 4 is 21.6 Å². The lowest BCUT2D eigenvalue weighted by molar-refractivity contribution is -0.119. The van der Waals surface area contributed by atoms with Crippen LogP contribution in [0.5, 0.6) is 5.75 Å². The van der Waals surface area contributed by atoms with E-state index in [4.69, 9.17) is 4.74 Å². The van der Waals surface area contributed by atoms with Crippen LogP contribution in [0.15, 0.2) is 48.5 Å². The highest BCUT2D eigenvalue weighted by molar-refractivity contribution is 7.92. The van der Waals surface area contributed by atoms with Gasteiger partial charge in [0.15, 0.2) is 0 Å². The molecule has 0 saturated heterocycles. The van der Waals surface area contributed by atoms with Gasteiger partial charge in [0.1, 0.15) is 18.1 Å². The predicted octanol–water partition coefficient (Wildman–Crippen LogP) is 2.31. The summed E-state index contributed by atoms with van der Waals surface area (Å²) in [6, 6.07) is 12.6. The molecule has 0 saturated carbocycles. The van der Waals surface area contributed by atoms with E-state index < -0.39 is 28.3 Å². The Bertz CT molecular complexity index is 854. The molecule has 0 spiro atoms. The van der Waals surface area contributed by atoms with Crippen LogP contribution in [0.3, 0.4) is 0 Å². The zero-order valence-corrected chi connectivity index (χ0v) is 15.4. The van der Waals surface area contributed by atoms with Crippen LogP contribution in [0.1, 0.15) is 12.5 Å². The largest absolute Gasteiger partial charge is 0.494 e. The Hall–Kier alpha value is -2.61. The number of nitrogens with zero attached hydrogens (tertiary/aromatic N) is 1. The first-order valence-electron chi connectivity index (χ1n) is 8.02. The summed E-state index contributed by atoms with van der Waals surface area (Å²) in [7, 11) is -3.81. The number of hydrogen-bond donors (Lipinski definition) is 1. The van der Waals surface area contributed by atoms with E-state index in [2.05, 4.69) is 5.32 Å². The standard InChI is InChI=1S/C18H21FN2O4S/c1-3-25-15-10-8-14(9-11-15)12-20-18(22)13-21(26(2,23)24)17-7-5-4-6-16(17)19/h4-11H,3,12-13H2,1-2H3,(H,20,22). The molecule has 2 rings (SSSR count). The van der Waals surface area contributed by atoms with E-state index >= 15 is 0 Å². The first-order valence-corrected chi connectivity index (χ1v) is 9.86. The topological polar surface area (TPSA) is 75.7 Å². The molecule has 0 unspecified atom stereocenters. The number of nitrogens with one attached hydrogen (secondary N) is 1. The smallest absolute Gasteiger partial charge is 0.241 e. The fraction of sp³-hybridized carbons (Fsp3) is 0.278. The van der Waals surface area contributed by atoms with Gasteiger partial charge < -0.3 is 10.1 Å². The summed E-state index contributed by atoms with van der Waals surface area (Å²) in [4.78, 5) is 12.2. The van der Waals surface area contributed by atoms with E-state index in [1.165, 1.54) is 18.2 Å². The number of hydrogen-bond acceptors (Lipinski definition) is 4. The van der Waals surface area contributed by atoms with Crippen molar-refractivity contribution in [1.82, 2.24) is 5.32 Å². The van der Waals surface area contributed by atoms with Gasteiger partial charge in [-0.25, -0.2) is 12.8 Å². The molecule has 0 aromatic heterocycles. The lowest BCUT2D eigenvalue weighted by Gasteiger charge is -2.22. The summed E-state index contributed by atoms with van der Waals surface area (Å²) in [6.07, 6.45) is 0.930. The van der Waals surface area contributed by atoms with Gasteiger partial charge in [-0.3, -0.25) is 9.10 Å². The van der Waals surface area contributed by atoms with Crippen molar-refractivity contribution in [2.24, 2.45) is 0 Å². The van der Waals surface area contributed by atoms with Crippen molar-refractivity contribution in [3.8, 4) is 5.75 Å². The summed E-state index contributed by atoms with van der Waals surface area (Å²) < 4.78 is 43.9. The van der Waals surface area contributed by atoms with Crippen molar-refractivity contribution in [2.45, 2.75) is 13.5 Å². The Labute approximate surface area is 152 Å². The van der Waals surface area contributed by atoms with E-state index in [-0.39, 0.29) is 12.2 Å². The second kappa shape index (κ2) is 8.66. The Balaban J connectivity index is 2.03. The number of carbonyl (C=O) groups is 1. The summed E-state index contributed by atoms with van der Waals surface area (Å²) >= 11 is 0. The quantitative estimate of drug-likeness (QED) is 0.763. The van der Waals surface area contributed by atoms with Gasteiger partial charge in [0.25, 0.3) is 0 Å². The Morgan fingerprint density at radius 3 is 2.38 bits per heavy atom. The van der Waals surface area contributed by atoms with Crippen LogP contribution in [0.4, 0.5) is 10.1 Å². The van der Waals surface area contributed by atoms with Gasteiger partial charge in [0, 0.05) is 6.54 Å². The molecule has 2 aromatic carbocycles. The maximum atomic E-state index is 13.9. The Kier molecular flexibility index (Phi) is 6.57. The van der Waals surface area contributed by atoms with E-state index in [0.29, 0.717) is 6.61 Å². The van der Waals surface area contributed by atoms with Crippen molar-refractivity contribution in [3.05, 3.63) is 59.9 Å². The minimum atomic E-state index is -3.81. The number of sulfonamides is 1. The number of rotatable bonds is 8. The molecule has 0 bridgehead atoms. The Morgan fingerprint density at radius 1 is 1.15 bits per heavy atom. The number of para-hydroxylation sites is 1. The second-order valence-corrected chi connectivity index (χ2v) is 7.48. The van der Waals surface area contributed by atoms with Crippen LogP contribution in [0, 0.1) is 5.82 Å². The van der Waals surface area contributed by atoms with Crippen LogP contribution in [0.2, 0.25) is 0 Å². The highest BCUT2D eigenvalue weighted by Gasteiger charge is 2.23. The molecule has 0 aliphatic heterocycles. The SMILES string of the molecule is CCOc1ccc(CNC(=O)CN(c2ccccc2F)S(C)(=O)=O)cc1. The third kappa shape index (κ3) is 5.45. The molecular weight excluding hydrogens is 359 g/mol. The van der Waals surface area contributed by atoms with Crippen LogP contribution in [0.25, 0.3) is 0 Å². The minimum Gasteiger partial charge on any atom is -0.494 e. The third-order valence-corrected chi connectivity index (χ3v) is 4.66. The molecule has 0 heterocycles. The van der Waals surface area contributed by atoms with E-state index in [1.54, 1.807) is 24.3 Å². The van der Waals surface area contributed by atoms with Crippen molar-refractivity contribution in [3.63, 3.8) is 0 Å². The van der Waals surface area contributed by atoms with Gasteiger partial charge in [0.05, 0.1) is 18.6 Å². The summed E-state index contributed by atoms with van der Waals surface area (Å²) in [6.45, 7) is 2.17. The number of carbonyl (C=O) groups excluding carboxylic acids is 1. The minimum absolute atomic E-state index is 0.161. The fourth-order valence-electron chi connectivity index (χ4n) is 2.29. The lowest BCUT2D eigenvalue weighted by Crippen LogP contribution is -2.40. The van der Waals surface area contributed by atoms with Gasteiger partial charge in [-0.15, -0.1) is 0 Å². The van der Waals surface area contributed by atoms with Crippen molar-refractivity contribution in [2.75, 3.05) is 23.7 Å². The number of anilines is 1. The zero-order chi connectivity index (χ0) is 19.2. The molecule has 140 valence electrons. The molecule has 8 heteroatoms. The number of amides is 1. The van der Waals surface area contributed by atoms with Gasteiger partial charge in [0.2, 0.25) is 15.9 Å². The molecule has 0 aliphatic carbocycles. The number of ether oxygens (including phenoxy) is 1.